The molecule has 0 radical (unpaired) electrons. The second-order valence-corrected chi connectivity index (χ2v) is 6.75. The Labute approximate surface area is 120 Å². The molecule has 1 N–H and O–H groups in total. The van der Waals surface area contributed by atoms with E-state index >= 15 is 0 Å². The Hall–Kier alpha value is -0.870. The molecule has 3 nitrogen and oxygen atoms in total. The van der Waals surface area contributed by atoms with E-state index in [2.05, 4.69) is 36.7 Å². The van der Waals surface area contributed by atoms with Crippen molar-refractivity contribution in [2.75, 3.05) is 13.6 Å². The van der Waals surface area contributed by atoms with Gasteiger partial charge in [-0.1, -0.05) is 13.0 Å². The zero-order valence-corrected chi connectivity index (χ0v) is 12.9. The molecular formula is C15H24N2OS. The van der Waals surface area contributed by atoms with Gasteiger partial charge in [-0.25, -0.2) is 0 Å². The molecule has 1 fully saturated rings. The molecule has 106 valence electrons. The SMILES string of the molecule is CC1CCNC(C(=O)N(C)C(C)Cc2cccs2)C1. The normalized spacial score (nSPS) is 25.0. The number of hydrogen-bond acceptors (Lipinski definition) is 3. The molecule has 3 unspecified atom stereocenters. The van der Waals surface area contributed by atoms with E-state index < -0.39 is 0 Å². The van der Waals surface area contributed by atoms with Gasteiger partial charge in [0.05, 0.1) is 6.04 Å². The van der Waals surface area contributed by atoms with E-state index in [1.807, 2.05) is 11.9 Å². The number of amides is 1. The van der Waals surface area contributed by atoms with Crippen LogP contribution in [-0.4, -0.2) is 36.5 Å². The van der Waals surface area contributed by atoms with Crippen LogP contribution in [-0.2, 0) is 11.2 Å². The van der Waals surface area contributed by atoms with Crippen LogP contribution in [0, 0.1) is 5.92 Å². The lowest BCUT2D eigenvalue weighted by atomic mass is 9.93. The van der Waals surface area contributed by atoms with Crippen LogP contribution >= 0.6 is 11.3 Å². The Bertz CT molecular complexity index is 404. The molecule has 1 saturated heterocycles. The number of carbonyl (C=O) groups is 1. The highest BCUT2D eigenvalue weighted by molar-refractivity contribution is 7.09. The van der Waals surface area contributed by atoms with Crippen LogP contribution in [0.4, 0.5) is 0 Å². The van der Waals surface area contributed by atoms with Crippen LogP contribution in [0.25, 0.3) is 0 Å². The average molecular weight is 280 g/mol. The molecule has 1 amide bonds. The molecule has 2 rings (SSSR count). The molecule has 1 aliphatic rings. The molecule has 1 aromatic rings. The maximum absolute atomic E-state index is 12.5. The Balaban J connectivity index is 1.90. The monoisotopic (exact) mass is 280 g/mol. The summed E-state index contributed by atoms with van der Waals surface area (Å²) in [5.41, 5.74) is 0. The van der Waals surface area contributed by atoms with E-state index in [9.17, 15) is 4.79 Å². The first-order chi connectivity index (χ1) is 9.08. The fourth-order valence-electron chi connectivity index (χ4n) is 2.62. The first-order valence-electron chi connectivity index (χ1n) is 7.10. The van der Waals surface area contributed by atoms with Gasteiger partial charge < -0.3 is 10.2 Å². The number of thiophene rings is 1. The van der Waals surface area contributed by atoms with Gasteiger partial charge in [-0.2, -0.15) is 0 Å². The molecule has 1 aromatic heterocycles. The van der Waals surface area contributed by atoms with Crippen molar-refractivity contribution in [3.05, 3.63) is 22.4 Å². The fourth-order valence-corrected chi connectivity index (χ4v) is 3.44. The molecule has 2 heterocycles. The van der Waals surface area contributed by atoms with Crippen molar-refractivity contribution in [2.24, 2.45) is 5.92 Å². The second-order valence-electron chi connectivity index (χ2n) is 5.72. The molecule has 3 atom stereocenters. The summed E-state index contributed by atoms with van der Waals surface area (Å²) in [7, 11) is 1.93. The van der Waals surface area contributed by atoms with Gasteiger partial charge in [-0.05, 0) is 43.7 Å². The molecule has 1 aliphatic heterocycles. The van der Waals surface area contributed by atoms with Crippen LogP contribution in [0.5, 0.6) is 0 Å². The number of hydrogen-bond donors (Lipinski definition) is 1. The summed E-state index contributed by atoms with van der Waals surface area (Å²) < 4.78 is 0. The summed E-state index contributed by atoms with van der Waals surface area (Å²) in [5, 5.41) is 5.45. The number of piperidine rings is 1. The Morgan fingerprint density at radius 1 is 1.63 bits per heavy atom. The largest absolute Gasteiger partial charge is 0.341 e. The van der Waals surface area contributed by atoms with Crippen molar-refractivity contribution in [2.45, 2.75) is 45.2 Å². The van der Waals surface area contributed by atoms with Gasteiger partial charge in [0.1, 0.15) is 0 Å². The summed E-state index contributed by atoms with van der Waals surface area (Å²) in [6.45, 7) is 5.32. The maximum Gasteiger partial charge on any atom is 0.239 e. The molecule has 0 spiro atoms. The van der Waals surface area contributed by atoms with Crippen molar-refractivity contribution in [1.82, 2.24) is 10.2 Å². The predicted octanol–water partition coefficient (Wildman–Crippen LogP) is 2.53. The Morgan fingerprint density at radius 3 is 3.05 bits per heavy atom. The quantitative estimate of drug-likeness (QED) is 0.919. The van der Waals surface area contributed by atoms with Crippen LogP contribution in [0.15, 0.2) is 17.5 Å². The van der Waals surface area contributed by atoms with Gasteiger partial charge in [0.15, 0.2) is 0 Å². The molecule has 0 bridgehead atoms. The Kier molecular flexibility index (Phi) is 4.99. The van der Waals surface area contributed by atoms with E-state index in [0.717, 1.165) is 19.4 Å². The third-order valence-electron chi connectivity index (χ3n) is 4.05. The standard InChI is InChI=1S/C15H24N2OS/c1-11-6-7-16-14(9-11)15(18)17(3)12(2)10-13-5-4-8-19-13/h4-5,8,11-12,14,16H,6-7,9-10H2,1-3H3. The fraction of sp³-hybridized carbons (Fsp3) is 0.667. The predicted molar refractivity (Wildman–Crippen MR) is 80.4 cm³/mol. The van der Waals surface area contributed by atoms with E-state index in [-0.39, 0.29) is 18.0 Å². The highest BCUT2D eigenvalue weighted by Crippen LogP contribution is 2.18. The zero-order valence-electron chi connectivity index (χ0n) is 12.1. The minimum atomic E-state index is 0.0135. The van der Waals surface area contributed by atoms with Gasteiger partial charge in [0.2, 0.25) is 5.91 Å². The lowest BCUT2D eigenvalue weighted by Gasteiger charge is -2.33. The summed E-state index contributed by atoms with van der Waals surface area (Å²) in [6, 6.07) is 4.48. The first kappa shape index (κ1) is 14.5. The molecular weight excluding hydrogens is 256 g/mol. The van der Waals surface area contributed by atoms with Gasteiger partial charge >= 0.3 is 0 Å². The van der Waals surface area contributed by atoms with E-state index in [4.69, 9.17) is 0 Å². The van der Waals surface area contributed by atoms with Crippen molar-refractivity contribution >= 4 is 17.2 Å². The van der Waals surface area contributed by atoms with Crippen LogP contribution < -0.4 is 5.32 Å². The molecule has 0 saturated carbocycles. The van der Waals surface area contributed by atoms with Crippen molar-refractivity contribution in [3.63, 3.8) is 0 Å². The van der Waals surface area contributed by atoms with Crippen molar-refractivity contribution < 1.29 is 4.79 Å². The second kappa shape index (κ2) is 6.53. The third-order valence-corrected chi connectivity index (χ3v) is 4.95. The molecule has 4 heteroatoms. The number of nitrogens with zero attached hydrogens (tertiary/aromatic N) is 1. The maximum atomic E-state index is 12.5. The molecule has 0 aliphatic carbocycles. The summed E-state index contributed by atoms with van der Waals surface area (Å²) in [6.07, 6.45) is 3.09. The van der Waals surface area contributed by atoms with E-state index in [0.29, 0.717) is 5.92 Å². The van der Waals surface area contributed by atoms with Gasteiger partial charge in [-0.15, -0.1) is 11.3 Å². The molecule has 19 heavy (non-hydrogen) atoms. The highest BCUT2D eigenvalue weighted by atomic mass is 32.1. The third kappa shape index (κ3) is 3.80. The van der Waals surface area contributed by atoms with E-state index in [1.54, 1.807) is 11.3 Å². The lowest BCUT2D eigenvalue weighted by molar-refractivity contribution is -0.134. The van der Waals surface area contributed by atoms with Gasteiger partial charge in [0.25, 0.3) is 0 Å². The highest BCUT2D eigenvalue weighted by Gasteiger charge is 2.28. The van der Waals surface area contributed by atoms with Crippen LogP contribution in [0.1, 0.15) is 31.6 Å². The summed E-state index contributed by atoms with van der Waals surface area (Å²) in [4.78, 5) is 15.7. The first-order valence-corrected chi connectivity index (χ1v) is 7.98. The topological polar surface area (TPSA) is 32.3 Å². The van der Waals surface area contributed by atoms with Crippen LogP contribution in [0.2, 0.25) is 0 Å². The zero-order chi connectivity index (χ0) is 13.8. The Morgan fingerprint density at radius 2 is 2.42 bits per heavy atom. The number of carbonyl (C=O) groups excluding carboxylic acids is 1. The van der Waals surface area contributed by atoms with Crippen molar-refractivity contribution in [3.8, 4) is 0 Å². The van der Waals surface area contributed by atoms with Crippen molar-refractivity contribution in [1.29, 1.82) is 0 Å². The minimum absolute atomic E-state index is 0.0135. The number of nitrogens with one attached hydrogen (secondary N) is 1. The molecule has 0 aromatic carbocycles. The van der Waals surface area contributed by atoms with Gasteiger partial charge in [0, 0.05) is 24.4 Å². The summed E-state index contributed by atoms with van der Waals surface area (Å²) in [5.74, 6) is 0.895. The minimum Gasteiger partial charge on any atom is -0.341 e. The number of likely N-dealkylation sites (N-methyl/N-ethyl adjacent to an activating group) is 1. The average Bonchev–Trinajstić information content (AvgIpc) is 2.89. The summed E-state index contributed by atoms with van der Waals surface area (Å²) >= 11 is 1.76. The van der Waals surface area contributed by atoms with Gasteiger partial charge in [-0.3, -0.25) is 4.79 Å². The van der Waals surface area contributed by atoms with E-state index in [1.165, 1.54) is 11.3 Å². The number of rotatable bonds is 4. The van der Waals surface area contributed by atoms with Crippen LogP contribution in [0.3, 0.4) is 0 Å². The lowest BCUT2D eigenvalue weighted by Crippen LogP contribution is -2.51. The smallest absolute Gasteiger partial charge is 0.239 e.